The van der Waals surface area contributed by atoms with E-state index in [1.165, 1.54) is 0 Å². The number of benzene rings is 1. The third-order valence-electron chi connectivity index (χ3n) is 2.68. The van der Waals surface area contributed by atoms with Crippen LogP contribution < -0.4 is 0 Å². The van der Waals surface area contributed by atoms with Crippen molar-refractivity contribution in [3.8, 4) is 0 Å². The maximum atomic E-state index is 11.3. The molecule has 1 aromatic carbocycles. The van der Waals surface area contributed by atoms with E-state index in [4.69, 9.17) is 11.6 Å². The number of aryl methyl sites for hydroxylation is 2. The Balaban J connectivity index is 2.81. The van der Waals surface area contributed by atoms with Gasteiger partial charge >= 0.3 is 5.97 Å². The van der Waals surface area contributed by atoms with Crippen LogP contribution in [-0.2, 0) is 6.42 Å². The smallest absolute Gasteiger partial charge is 0.355 e. The molecule has 2 rings (SSSR count). The predicted molar refractivity (Wildman–Crippen MR) is 70.2 cm³/mol. The molecule has 0 unspecified atom stereocenters. The van der Waals surface area contributed by atoms with Gasteiger partial charge in [-0.1, -0.05) is 18.5 Å². The summed E-state index contributed by atoms with van der Waals surface area (Å²) in [4.78, 5) is 19.8. The summed E-state index contributed by atoms with van der Waals surface area (Å²) in [7, 11) is 0. The van der Waals surface area contributed by atoms with E-state index in [9.17, 15) is 9.90 Å². The quantitative estimate of drug-likeness (QED) is 0.924. The highest BCUT2D eigenvalue weighted by molar-refractivity contribution is 6.31. The van der Waals surface area contributed by atoms with Crippen molar-refractivity contribution < 1.29 is 9.90 Å². The van der Waals surface area contributed by atoms with Gasteiger partial charge in [-0.2, -0.15) is 0 Å². The fourth-order valence-electron chi connectivity index (χ4n) is 1.91. The number of aromatic carboxylic acids is 1. The Bertz CT molecular complexity index is 626. The van der Waals surface area contributed by atoms with Crippen LogP contribution in [0.4, 0.5) is 0 Å². The van der Waals surface area contributed by atoms with Crippen LogP contribution in [-0.4, -0.2) is 21.0 Å². The van der Waals surface area contributed by atoms with Gasteiger partial charge in [0.1, 0.15) is 5.82 Å². The van der Waals surface area contributed by atoms with Gasteiger partial charge in [0.05, 0.1) is 5.52 Å². The summed E-state index contributed by atoms with van der Waals surface area (Å²) >= 11 is 5.95. The van der Waals surface area contributed by atoms with Crippen molar-refractivity contribution in [3.63, 3.8) is 0 Å². The first kappa shape index (κ1) is 12.8. The molecule has 5 heteroatoms. The summed E-state index contributed by atoms with van der Waals surface area (Å²) in [6.45, 7) is 3.87. The highest BCUT2D eigenvalue weighted by atomic mass is 35.5. The molecule has 18 heavy (non-hydrogen) atoms. The van der Waals surface area contributed by atoms with Crippen molar-refractivity contribution in [1.29, 1.82) is 0 Å². The zero-order chi connectivity index (χ0) is 13.3. The summed E-state index contributed by atoms with van der Waals surface area (Å²) in [5.41, 5.74) is 1.55. The van der Waals surface area contributed by atoms with Crippen LogP contribution in [0.3, 0.4) is 0 Å². The van der Waals surface area contributed by atoms with Crippen LogP contribution in [0.2, 0.25) is 5.02 Å². The molecule has 94 valence electrons. The lowest BCUT2D eigenvalue weighted by atomic mass is 10.1. The van der Waals surface area contributed by atoms with Crippen molar-refractivity contribution in [3.05, 3.63) is 34.2 Å². The third-order valence-corrected chi connectivity index (χ3v) is 2.90. The molecule has 2 aromatic rings. The average molecular weight is 265 g/mol. The summed E-state index contributed by atoms with van der Waals surface area (Å²) in [6, 6.07) is 3.38. The molecule has 0 fully saturated rings. The second-order valence-electron chi connectivity index (χ2n) is 4.16. The lowest BCUT2D eigenvalue weighted by Crippen LogP contribution is -2.07. The molecule has 0 radical (unpaired) electrons. The number of carboxylic acid groups (broad SMARTS) is 1. The standard InChI is InChI=1S/C13H13ClN2O2/c1-3-4-10-15-11-7(2)5-8(14)6-9(11)12(16-10)13(17)18/h5-6H,3-4H2,1-2H3,(H,17,18). The Kier molecular flexibility index (Phi) is 3.48. The zero-order valence-corrected chi connectivity index (χ0v) is 11.0. The van der Waals surface area contributed by atoms with Gasteiger partial charge in [0.15, 0.2) is 5.69 Å². The number of rotatable bonds is 3. The van der Waals surface area contributed by atoms with Crippen molar-refractivity contribution in [2.45, 2.75) is 26.7 Å². The Hall–Kier alpha value is -1.68. The maximum Gasteiger partial charge on any atom is 0.355 e. The van der Waals surface area contributed by atoms with Crippen molar-refractivity contribution in [2.24, 2.45) is 0 Å². The molecule has 0 amide bonds. The fraction of sp³-hybridized carbons (Fsp3) is 0.308. The normalized spacial score (nSPS) is 10.8. The minimum Gasteiger partial charge on any atom is -0.476 e. The third kappa shape index (κ3) is 2.29. The van der Waals surface area contributed by atoms with Gasteiger partial charge in [-0.15, -0.1) is 0 Å². The van der Waals surface area contributed by atoms with Gasteiger partial charge in [-0.25, -0.2) is 14.8 Å². The van der Waals surface area contributed by atoms with Gasteiger partial charge < -0.3 is 5.11 Å². The molecular formula is C13H13ClN2O2. The zero-order valence-electron chi connectivity index (χ0n) is 10.2. The molecule has 0 saturated carbocycles. The van der Waals surface area contributed by atoms with Gasteiger partial charge in [0, 0.05) is 16.8 Å². The van der Waals surface area contributed by atoms with E-state index in [1.807, 2.05) is 13.8 Å². The molecule has 0 aliphatic heterocycles. The largest absolute Gasteiger partial charge is 0.476 e. The monoisotopic (exact) mass is 264 g/mol. The lowest BCUT2D eigenvalue weighted by Gasteiger charge is -2.08. The number of hydrogen-bond donors (Lipinski definition) is 1. The molecule has 1 aromatic heterocycles. The number of carbonyl (C=O) groups is 1. The predicted octanol–water partition coefficient (Wildman–Crippen LogP) is 3.24. The Labute approximate surface area is 110 Å². The van der Waals surface area contributed by atoms with Gasteiger partial charge in [0.2, 0.25) is 0 Å². The first-order chi connectivity index (χ1) is 8.52. The number of hydrogen-bond acceptors (Lipinski definition) is 3. The van der Waals surface area contributed by atoms with Crippen molar-refractivity contribution >= 4 is 28.5 Å². The van der Waals surface area contributed by atoms with E-state index < -0.39 is 5.97 Å². The molecule has 0 aliphatic carbocycles. The Morgan fingerprint density at radius 3 is 2.72 bits per heavy atom. The molecule has 0 saturated heterocycles. The van der Waals surface area contributed by atoms with Crippen LogP contribution in [0.15, 0.2) is 12.1 Å². The number of nitrogens with zero attached hydrogens (tertiary/aromatic N) is 2. The summed E-state index contributed by atoms with van der Waals surface area (Å²) < 4.78 is 0. The average Bonchev–Trinajstić information content (AvgIpc) is 2.29. The Morgan fingerprint density at radius 1 is 1.39 bits per heavy atom. The van der Waals surface area contributed by atoms with Crippen LogP contribution in [0.25, 0.3) is 10.9 Å². The lowest BCUT2D eigenvalue weighted by molar-refractivity contribution is 0.0692. The van der Waals surface area contributed by atoms with Crippen LogP contribution >= 0.6 is 11.6 Å². The highest BCUT2D eigenvalue weighted by Crippen LogP contribution is 2.24. The highest BCUT2D eigenvalue weighted by Gasteiger charge is 2.15. The number of halogens is 1. The molecule has 1 N–H and O–H groups in total. The van der Waals surface area contributed by atoms with Crippen molar-refractivity contribution in [1.82, 2.24) is 9.97 Å². The van der Waals surface area contributed by atoms with E-state index in [-0.39, 0.29) is 5.69 Å². The minimum atomic E-state index is -1.05. The first-order valence-electron chi connectivity index (χ1n) is 5.73. The second kappa shape index (κ2) is 4.90. The van der Waals surface area contributed by atoms with Crippen LogP contribution in [0.1, 0.15) is 35.2 Å². The second-order valence-corrected chi connectivity index (χ2v) is 4.60. The van der Waals surface area contributed by atoms with Crippen LogP contribution in [0.5, 0.6) is 0 Å². The summed E-state index contributed by atoms with van der Waals surface area (Å²) in [6.07, 6.45) is 1.54. The molecule has 0 bridgehead atoms. The summed E-state index contributed by atoms with van der Waals surface area (Å²) in [5.74, 6) is -0.491. The topological polar surface area (TPSA) is 63.1 Å². The number of fused-ring (bicyclic) bond motifs is 1. The molecular weight excluding hydrogens is 252 g/mol. The van der Waals surface area contributed by atoms with Crippen molar-refractivity contribution in [2.75, 3.05) is 0 Å². The Morgan fingerprint density at radius 2 is 2.11 bits per heavy atom. The number of aromatic nitrogens is 2. The fourth-order valence-corrected chi connectivity index (χ4v) is 2.18. The summed E-state index contributed by atoms with van der Waals surface area (Å²) in [5, 5.41) is 10.2. The van der Waals surface area contributed by atoms with E-state index in [2.05, 4.69) is 9.97 Å². The van der Waals surface area contributed by atoms with E-state index in [1.54, 1.807) is 12.1 Å². The van der Waals surface area contributed by atoms with E-state index in [0.29, 0.717) is 28.2 Å². The minimum absolute atomic E-state index is 0.0223. The maximum absolute atomic E-state index is 11.3. The number of carboxylic acids is 1. The van der Waals surface area contributed by atoms with E-state index in [0.717, 1.165) is 12.0 Å². The first-order valence-corrected chi connectivity index (χ1v) is 6.10. The molecule has 4 nitrogen and oxygen atoms in total. The SMILES string of the molecule is CCCc1nc(C(=O)O)c2cc(Cl)cc(C)c2n1. The molecule has 0 spiro atoms. The molecule has 0 aliphatic rings. The van der Waals surface area contributed by atoms with Crippen LogP contribution in [0, 0.1) is 6.92 Å². The molecule has 0 atom stereocenters. The van der Waals surface area contributed by atoms with Gasteiger partial charge in [-0.3, -0.25) is 0 Å². The molecule has 1 heterocycles. The van der Waals surface area contributed by atoms with Gasteiger partial charge in [0.25, 0.3) is 0 Å². The van der Waals surface area contributed by atoms with E-state index >= 15 is 0 Å². The van der Waals surface area contributed by atoms with Gasteiger partial charge in [-0.05, 0) is 31.0 Å².